The first-order valence-corrected chi connectivity index (χ1v) is 9.62. The Morgan fingerprint density at radius 1 is 1.08 bits per heavy atom. The van der Waals surface area contributed by atoms with Crippen LogP contribution in [0.2, 0.25) is 0 Å². The molecule has 1 aromatic heterocycles. The minimum Gasteiger partial charge on any atom is -0.369 e. The van der Waals surface area contributed by atoms with Crippen LogP contribution in [0.15, 0.2) is 47.1 Å². The lowest BCUT2D eigenvalue weighted by Gasteiger charge is -2.35. The van der Waals surface area contributed by atoms with E-state index in [1.165, 1.54) is 11.3 Å². The minimum absolute atomic E-state index is 0.608. The highest BCUT2D eigenvalue weighted by molar-refractivity contribution is 9.10. The Morgan fingerprint density at radius 2 is 1.88 bits per heavy atom. The second-order valence-corrected chi connectivity index (χ2v) is 7.64. The summed E-state index contributed by atoms with van der Waals surface area (Å²) in [4.78, 5) is 13.9. The quantitative estimate of drug-likeness (QED) is 0.699. The molecule has 4 rings (SSSR count). The number of hydrogen-bond donors (Lipinski definition) is 1. The number of fused-ring (bicyclic) bond motifs is 1. The van der Waals surface area contributed by atoms with Gasteiger partial charge >= 0.3 is 0 Å². The molecule has 5 nitrogen and oxygen atoms in total. The standard InChI is InChI=1S/C20H22BrN5/c1-14-12-16(6-7-18(14)26-10-8-25(2)9-11-26)23-20-22-13-15-4-3-5-17(21)19(15)24-20/h3-7,12-13H,8-11H2,1-2H3,(H,22,23,24). The molecular weight excluding hydrogens is 390 g/mol. The van der Waals surface area contributed by atoms with Crippen molar-refractivity contribution >= 4 is 44.2 Å². The maximum atomic E-state index is 4.64. The Kier molecular flexibility index (Phi) is 4.78. The Hall–Kier alpha value is -2.18. The van der Waals surface area contributed by atoms with Crippen LogP contribution in [0.25, 0.3) is 10.9 Å². The molecule has 134 valence electrons. The Morgan fingerprint density at radius 3 is 2.65 bits per heavy atom. The number of hydrogen-bond acceptors (Lipinski definition) is 5. The van der Waals surface area contributed by atoms with E-state index in [-0.39, 0.29) is 0 Å². The van der Waals surface area contributed by atoms with E-state index >= 15 is 0 Å². The van der Waals surface area contributed by atoms with Gasteiger partial charge < -0.3 is 15.1 Å². The third-order valence-corrected chi connectivity index (χ3v) is 5.50. The zero-order valence-electron chi connectivity index (χ0n) is 15.0. The third-order valence-electron chi connectivity index (χ3n) is 4.86. The lowest BCUT2D eigenvalue weighted by Crippen LogP contribution is -2.44. The molecule has 0 unspecified atom stereocenters. The summed E-state index contributed by atoms with van der Waals surface area (Å²) >= 11 is 3.56. The van der Waals surface area contributed by atoms with E-state index in [9.17, 15) is 0 Å². The van der Waals surface area contributed by atoms with Gasteiger partial charge in [0.2, 0.25) is 5.95 Å². The maximum Gasteiger partial charge on any atom is 0.227 e. The highest BCUT2D eigenvalue weighted by Crippen LogP contribution is 2.27. The first-order chi connectivity index (χ1) is 12.6. The van der Waals surface area contributed by atoms with Gasteiger partial charge in [-0.25, -0.2) is 9.97 Å². The number of aromatic nitrogens is 2. The van der Waals surface area contributed by atoms with Crippen molar-refractivity contribution in [2.75, 3.05) is 43.4 Å². The van der Waals surface area contributed by atoms with Crippen molar-refractivity contribution in [1.29, 1.82) is 0 Å². The molecular formula is C20H22BrN5. The van der Waals surface area contributed by atoms with Gasteiger partial charge in [-0.1, -0.05) is 12.1 Å². The van der Waals surface area contributed by atoms with E-state index in [1.807, 2.05) is 24.4 Å². The average Bonchev–Trinajstić information content (AvgIpc) is 2.64. The SMILES string of the molecule is Cc1cc(Nc2ncc3cccc(Br)c3n2)ccc1N1CCN(C)CC1. The summed E-state index contributed by atoms with van der Waals surface area (Å²) in [5.41, 5.74) is 4.50. The molecule has 1 fully saturated rings. The maximum absolute atomic E-state index is 4.64. The van der Waals surface area contributed by atoms with Crippen LogP contribution in [0.1, 0.15) is 5.56 Å². The van der Waals surface area contributed by atoms with E-state index in [0.29, 0.717) is 5.95 Å². The largest absolute Gasteiger partial charge is 0.369 e. The van der Waals surface area contributed by atoms with Gasteiger partial charge in [-0.3, -0.25) is 0 Å². The predicted molar refractivity (Wildman–Crippen MR) is 111 cm³/mol. The second-order valence-electron chi connectivity index (χ2n) is 6.79. The number of halogens is 1. The van der Waals surface area contributed by atoms with Crippen molar-refractivity contribution in [3.05, 3.63) is 52.6 Å². The zero-order chi connectivity index (χ0) is 18.1. The molecule has 1 saturated heterocycles. The average molecular weight is 412 g/mol. The zero-order valence-corrected chi connectivity index (χ0v) is 16.6. The van der Waals surface area contributed by atoms with Crippen LogP contribution in [0.3, 0.4) is 0 Å². The molecule has 1 aliphatic heterocycles. The second kappa shape index (κ2) is 7.21. The Balaban J connectivity index is 1.55. The molecule has 26 heavy (non-hydrogen) atoms. The van der Waals surface area contributed by atoms with Crippen molar-refractivity contribution in [3.63, 3.8) is 0 Å². The van der Waals surface area contributed by atoms with Crippen LogP contribution < -0.4 is 10.2 Å². The van der Waals surface area contributed by atoms with Crippen molar-refractivity contribution in [3.8, 4) is 0 Å². The summed E-state index contributed by atoms with van der Waals surface area (Å²) in [5.74, 6) is 0.608. The highest BCUT2D eigenvalue weighted by atomic mass is 79.9. The van der Waals surface area contributed by atoms with Gasteiger partial charge in [0.25, 0.3) is 0 Å². The number of benzene rings is 2. The molecule has 2 aromatic carbocycles. The van der Waals surface area contributed by atoms with Crippen LogP contribution >= 0.6 is 15.9 Å². The van der Waals surface area contributed by atoms with E-state index in [1.54, 1.807) is 0 Å². The van der Waals surface area contributed by atoms with Gasteiger partial charge in [0.15, 0.2) is 0 Å². The summed E-state index contributed by atoms with van der Waals surface area (Å²) in [7, 11) is 2.18. The summed E-state index contributed by atoms with van der Waals surface area (Å²) in [5, 5.41) is 4.35. The molecule has 0 saturated carbocycles. The first kappa shape index (κ1) is 17.2. The predicted octanol–water partition coefficient (Wildman–Crippen LogP) is 4.20. The first-order valence-electron chi connectivity index (χ1n) is 8.82. The fraction of sp³-hybridized carbons (Fsp3) is 0.300. The number of piperazine rings is 1. The molecule has 3 aromatic rings. The van der Waals surface area contributed by atoms with Crippen molar-refractivity contribution in [1.82, 2.24) is 14.9 Å². The van der Waals surface area contributed by atoms with Gasteiger partial charge in [-0.15, -0.1) is 0 Å². The van der Waals surface area contributed by atoms with Crippen LogP contribution in [0.4, 0.5) is 17.3 Å². The third kappa shape index (κ3) is 3.52. The number of likely N-dealkylation sites (N-methyl/N-ethyl adjacent to an activating group) is 1. The normalized spacial score (nSPS) is 15.4. The number of nitrogens with zero attached hydrogens (tertiary/aromatic N) is 4. The number of aryl methyl sites for hydroxylation is 1. The number of para-hydroxylation sites is 1. The highest BCUT2D eigenvalue weighted by Gasteiger charge is 2.16. The van der Waals surface area contributed by atoms with Gasteiger partial charge in [-0.2, -0.15) is 0 Å². The van der Waals surface area contributed by atoms with E-state index in [4.69, 9.17) is 0 Å². The topological polar surface area (TPSA) is 44.3 Å². The number of nitrogens with one attached hydrogen (secondary N) is 1. The summed E-state index contributed by atoms with van der Waals surface area (Å²) in [6.07, 6.45) is 1.85. The van der Waals surface area contributed by atoms with Crippen LogP contribution in [-0.2, 0) is 0 Å². The Labute approximate surface area is 162 Å². The molecule has 2 heterocycles. The van der Waals surface area contributed by atoms with Crippen molar-refractivity contribution in [2.45, 2.75) is 6.92 Å². The Bertz CT molecular complexity index is 935. The summed E-state index contributed by atoms with van der Waals surface area (Å²) < 4.78 is 0.974. The van der Waals surface area contributed by atoms with Crippen molar-refractivity contribution in [2.24, 2.45) is 0 Å². The van der Waals surface area contributed by atoms with Crippen molar-refractivity contribution < 1.29 is 0 Å². The molecule has 6 heteroatoms. The van der Waals surface area contributed by atoms with Gasteiger partial charge in [0.1, 0.15) is 0 Å². The van der Waals surface area contributed by atoms with Gasteiger partial charge in [0, 0.05) is 53.6 Å². The number of rotatable bonds is 3. The summed E-state index contributed by atoms with van der Waals surface area (Å²) in [6, 6.07) is 12.5. The van der Waals surface area contributed by atoms with Crippen LogP contribution in [0, 0.1) is 6.92 Å². The molecule has 0 spiro atoms. The van der Waals surface area contributed by atoms with E-state index in [0.717, 1.165) is 47.2 Å². The smallest absolute Gasteiger partial charge is 0.227 e. The fourth-order valence-corrected chi connectivity index (χ4v) is 3.81. The lowest BCUT2D eigenvalue weighted by molar-refractivity contribution is 0.312. The molecule has 1 aliphatic rings. The van der Waals surface area contributed by atoms with Gasteiger partial charge in [-0.05, 0) is 59.7 Å². The van der Waals surface area contributed by atoms with E-state index < -0.39 is 0 Å². The molecule has 0 atom stereocenters. The summed E-state index contributed by atoms with van der Waals surface area (Å²) in [6.45, 7) is 6.53. The molecule has 0 aliphatic carbocycles. The molecule has 0 bridgehead atoms. The lowest BCUT2D eigenvalue weighted by atomic mass is 10.1. The molecule has 0 radical (unpaired) electrons. The van der Waals surface area contributed by atoms with Crippen LogP contribution in [0.5, 0.6) is 0 Å². The van der Waals surface area contributed by atoms with Crippen LogP contribution in [-0.4, -0.2) is 48.1 Å². The molecule has 1 N–H and O–H groups in total. The minimum atomic E-state index is 0.608. The fourth-order valence-electron chi connectivity index (χ4n) is 3.34. The number of anilines is 3. The van der Waals surface area contributed by atoms with E-state index in [2.05, 4.69) is 73.2 Å². The monoisotopic (exact) mass is 411 g/mol. The molecule has 0 amide bonds. The van der Waals surface area contributed by atoms with Gasteiger partial charge in [0.05, 0.1) is 5.52 Å².